The van der Waals surface area contributed by atoms with Gasteiger partial charge >= 0.3 is 5.97 Å². The Bertz CT molecular complexity index is 549. The molecule has 0 aliphatic heterocycles. The van der Waals surface area contributed by atoms with E-state index < -0.39 is 17.9 Å². The van der Waals surface area contributed by atoms with Crippen LogP contribution in [0, 0.1) is 12.8 Å². The number of amides is 1. The second kappa shape index (κ2) is 6.32. The van der Waals surface area contributed by atoms with E-state index >= 15 is 0 Å². The highest BCUT2D eigenvalue weighted by Gasteiger charge is 2.24. The van der Waals surface area contributed by atoms with Gasteiger partial charge in [0, 0.05) is 11.1 Å². The van der Waals surface area contributed by atoms with Gasteiger partial charge in [-0.2, -0.15) is 0 Å². The lowest BCUT2D eigenvalue weighted by Gasteiger charge is -2.18. The molecule has 0 heterocycles. The number of carboxylic acid groups (broad SMARTS) is 1. The predicted octanol–water partition coefficient (Wildman–Crippen LogP) is 2.04. The topological polar surface area (TPSA) is 83.5 Å². The third-order valence-electron chi connectivity index (χ3n) is 3.10. The van der Waals surface area contributed by atoms with Crippen molar-refractivity contribution >= 4 is 17.7 Å². The van der Waals surface area contributed by atoms with Gasteiger partial charge in [0.2, 0.25) is 0 Å². The first kappa shape index (κ1) is 15.9. The molecule has 0 bridgehead atoms. The molecule has 0 aliphatic rings. The standard InChI is InChI=1S/C15H19NO4/c1-8(2)13(15(19)20)16-14(18)11-6-5-9(3)12(7-11)10(4)17/h5-8,13H,1-4H3,(H,16,18)(H,19,20)/t13-/m1/s1. The lowest BCUT2D eigenvalue weighted by molar-refractivity contribution is -0.140. The van der Waals surface area contributed by atoms with E-state index in [4.69, 9.17) is 5.11 Å². The van der Waals surface area contributed by atoms with E-state index in [1.807, 2.05) is 0 Å². The Morgan fingerprint density at radius 1 is 1.20 bits per heavy atom. The van der Waals surface area contributed by atoms with Crippen LogP contribution in [-0.2, 0) is 4.79 Å². The summed E-state index contributed by atoms with van der Waals surface area (Å²) in [4.78, 5) is 34.6. The van der Waals surface area contributed by atoms with Crippen molar-refractivity contribution in [2.45, 2.75) is 33.7 Å². The van der Waals surface area contributed by atoms with Crippen LogP contribution >= 0.6 is 0 Å². The van der Waals surface area contributed by atoms with Gasteiger partial charge in [0.25, 0.3) is 5.91 Å². The fourth-order valence-corrected chi connectivity index (χ4v) is 1.88. The minimum absolute atomic E-state index is 0.129. The maximum absolute atomic E-state index is 12.1. The van der Waals surface area contributed by atoms with Crippen LogP contribution in [0.15, 0.2) is 18.2 Å². The fourth-order valence-electron chi connectivity index (χ4n) is 1.88. The average Bonchev–Trinajstić information content (AvgIpc) is 2.34. The Balaban J connectivity index is 3.01. The first-order valence-electron chi connectivity index (χ1n) is 6.39. The molecule has 0 aliphatic carbocycles. The first-order valence-corrected chi connectivity index (χ1v) is 6.39. The van der Waals surface area contributed by atoms with Crippen molar-refractivity contribution in [3.63, 3.8) is 0 Å². The molecule has 108 valence electrons. The zero-order valence-electron chi connectivity index (χ0n) is 12.1. The second-order valence-electron chi connectivity index (χ2n) is 5.12. The molecule has 0 unspecified atom stereocenters. The number of nitrogens with one attached hydrogen (secondary N) is 1. The highest BCUT2D eigenvalue weighted by atomic mass is 16.4. The maximum atomic E-state index is 12.1. The molecule has 1 atom stereocenters. The van der Waals surface area contributed by atoms with Gasteiger partial charge in [-0.3, -0.25) is 9.59 Å². The quantitative estimate of drug-likeness (QED) is 0.807. The van der Waals surface area contributed by atoms with Crippen LogP contribution in [0.5, 0.6) is 0 Å². The lowest BCUT2D eigenvalue weighted by Crippen LogP contribution is -2.44. The number of hydrogen-bond acceptors (Lipinski definition) is 3. The smallest absolute Gasteiger partial charge is 0.326 e. The summed E-state index contributed by atoms with van der Waals surface area (Å²) in [5, 5.41) is 11.5. The van der Waals surface area contributed by atoms with Gasteiger partial charge in [-0.05, 0) is 37.5 Å². The Hall–Kier alpha value is -2.17. The highest BCUT2D eigenvalue weighted by molar-refractivity contribution is 6.01. The predicted molar refractivity (Wildman–Crippen MR) is 74.9 cm³/mol. The highest BCUT2D eigenvalue weighted by Crippen LogP contribution is 2.13. The minimum atomic E-state index is -1.08. The fraction of sp³-hybridized carbons (Fsp3) is 0.400. The summed E-state index contributed by atoms with van der Waals surface area (Å²) in [7, 11) is 0. The van der Waals surface area contributed by atoms with Crippen LogP contribution < -0.4 is 5.32 Å². The number of ketones is 1. The van der Waals surface area contributed by atoms with E-state index in [0.29, 0.717) is 5.56 Å². The van der Waals surface area contributed by atoms with Gasteiger partial charge in [-0.25, -0.2) is 4.79 Å². The van der Waals surface area contributed by atoms with E-state index in [2.05, 4.69) is 5.32 Å². The molecule has 0 radical (unpaired) electrons. The molecule has 1 aromatic rings. The Labute approximate surface area is 118 Å². The molecule has 2 N–H and O–H groups in total. The zero-order valence-corrected chi connectivity index (χ0v) is 12.1. The molecular weight excluding hydrogens is 258 g/mol. The second-order valence-corrected chi connectivity index (χ2v) is 5.12. The molecule has 0 saturated carbocycles. The summed E-state index contributed by atoms with van der Waals surface area (Å²) < 4.78 is 0. The van der Waals surface area contributed by atoms with Gasteiger partial charge in [0.1, 0.15) is 6.04 Å². The van der Waals surface area contributed by atoms with E-state index in [-0.39, 0.29) is 17.3 Å². The summed E-state index contributed by atoms with van der Waals surface area (Å²) >= 11 is 0. The van der Waals surface area contributed by atoms with Gasteiger partial charge in [-0.15, -0.1) is 0 Å². The number of carboxylic acids is 1. The van der Waals surface area contributed by atoms with E-state index in [1.54, 1.807) is 32.9 Å². The number of carbonyl (C=O) groups is 3. The third-order valence-corrected chi connectivity index (χ3v) is 3.10. The average molecular weight is 277 g/mol. The Morgan fingerprint density at radius 3 is 2.25 bits per heavy atom. The summed E-state index contributed by atoms with van der Waals surface area (Å²) in [6.45, 7) is 6.65. The number of rotatable bonds is 5. The van der Waals surface area contributed by atoms with E-state index in [1.165, 1.54) is 13.0 Å². The monoisotopic (exact) mass is 277 g/mol. The van der Waals surface area contributed by atoms with Crippen molar-refractivity contribution in [3.05, 3.63) is 34.9 Å². The Morgan fingerprint density at radius 2 is 1.80 bits per heavy atom. The molecule has 0 fully saturated rings. The molecule has 1 aromatic carbocycles. The summed E-state index contributed by atoms with van der Waals surface area (Å²) in [5.74, 6) is -1.93. The molecule has 0 spiro atoms. The van der Waals surface area contributed by atoms with Crippen molar-refractivity contribution in [1.82, 2.24) is 5.32 Å². The normalized spacial score (nSPS) is 12.1. The van der Waals surface area contributed by atoms with Gasteiger partial charge in [-0.1, -0.05) is 19.9 Å². The molecule has 1 rings (SSSR count). The van der Waals surface area contributed by atoms with Crippen LogP contribution in [0.3, 0.4) is 0 Å². The van der Waals surface area contributed by atoms with Crippen LogP contribution in [-0.4, -0.2) is 28.8 Å². The molecule has 0 saturated heterocycles. The summed E-state index contributed by atoms with van der Waals surface area (Å²) in [6.07, 6.45) is 0. The number of hydrogen-bond donors (Lipinski definition) is 2. The van der Waals surface area contributed by atoms with Crippen LogP contribution in [0.25, 0.3) is 0 Å². The largest absolute Gasteiger partial charge is 0.480 e. The van der Waals surface area contributed by atoms with E-state index in [9.17, 15) is 14.4 Å². The number of carbonyl (C=O) groups excluding carboxylic acids is 2. The van der Waals surface area contributed by atoms with Crippen molar-refractivity contribution in [3.8, 4) is 0 Å². The number of aryl methyl sites for hydroxylation is 1. The maximum Gasteiger partial charge on any atom is 0.326 e. The van der Waals surface area contributed by atoms with Gasteiger partial charge < -0.3 is 10.4 Å². The Kier molecular flexibility index (Phi) is 5.02. The summed E-state index contributed by atoms with van der Waals surface area (Å²) in [6, 6.07) is 3.80. The number of aliphatic carboxylic acids is 1. The van der Waals surface area contributed by atoms with Crippen LogP contribution in [0.2, 0.25) is 0 Å². The number of Topliss-reactive ketones (excluding diaryl/α,β-unsaturated/α-hetero) is 1. The lowest BCUT2D eigenvalue weighted by atomic mass is 10.0. The van der Waals surface area contributed by atoms with Gasteiger partial charge in [0.15, 0.2) is 5.78 Å². The molecule has 5 nitrogen and oxygen atoms in total. The third kappa shape index (κ3) is 3.66. The van der Waals surface area contributed by atoms with Crippen LogP contribution in [0.1, 0.15) is 47.1 Å². The van der Waals surface area contributed by atoms with E-state index in [0.717, 1.165) is 5.56 Å². The van der Waals surface area contributed by atoms with Crippen molar-refractivity contribution < 1.29 is 19.5 Å². The molecule has 1 amide bonds. The first-order chi connectivity index (χ1) is 9.23. The van der Waals surface area contributed by atoms with Gasteiger partial charge in [0.05, 0.1) is 0 Å². The molecule has 0 aromatic heterocycles. The van der Waals surface area contributed by atoms with Crippen molar-refractivity contribution in [1.29, 1.82) is 0 Å². The van der Waals surface area contributed by atoms with Crippen molar-refractivity contribution in [2.75, 3.05) is 0 Å². The SMILES string of the molecule is CC(=O)c1cc(C(=O)N[C@@H](C(=O)O)C(C)C)ccc1C. The van der Waals surface area contributed by atoms with Crippen molar-refractivity contribution in [2.24, 2.45) is 5.92 Å². The summed E-state index contributed by atoms with van der Waals surface area (Å²) in [5.41, 5.74) is 1.54. The molecular formula is C15H19NO4. The number of benzene rings is 1. The minimum Gasteiger partial charge on any atom is -0.480 e. The zero-order chi connectivity index (χ0) is 15.4. The van der Waals surface area contributed by atoms with Crippen LogP contribution in [0.4, 0.5) is 0 Å². The molecule has 20 heavy (non-hydrogen) atoms. The molecule has 5 heteroatoms.